The zero-order valence-corrected chi connectivity index (χ0v) is 15.0. The maximum atomic E-state index is 12.5. The van der Waals surface area contributed by atoms with Crippen LogP contribution in [0.3, 0.4) is 0 Å². The number of carbonyl (C=O) groups is 3. The molecule has 7 nitrogen and oxygen atoms in total. The highest BCUT2D eigenvalue weighted by Crippen LogP contribution is 2.24. The van der Waals surface area contributed by atoms with Crippen LogP contribution in [0.1, 0.15) is 48.1 Å². The molecule has 0 spiro atoms. The van der Waals surface area contributed by atoms with Gasteiger partial charge in [-0.3, -0.25) is 14.5 Å². The van der Waals surface area contributed by atoms with Gasteiger partial charge in [-0.2, -0.15) is 0 Å². The van der Waals surface area contributed by atoms with Crippen molar-refractivity contribution in [2.45, 2.75) is 20.1 Å². The molecule has 0 radical (unpaired) electrons. The summed E-state index contributed by atoms with van der Waals surface area (Å²) >= 11 is 0. The highest BCUT2D eigenvalue weighted by molar-refractivity contribution is 6.21. The number of imide groups is 1. The number of amides is 2. The number of carbonyl (C=O) groups excluding carboxylic acids is 3. The Morgan fingerprint density at radius 2 is 1.75 bits per heavy atom. The smallest absolute Gasteiger partial charge is 0.338 e. The van der Waals surface area contributed by atoms with Crippen molar-refractivity contribution in [2.75, 3.05) is 0 Å². The van der Waals surface area contributed by atoms with Crippen molar-refractivity contribution in [2.24, 2.45) is 0 Å². The normalized spacial score (nSPS) is 13.0. The molecule has 0 unspecified atom stereocenters. The van der Waals surface area contributed by atoms with Gasteiger partial charge < -0.3 is 9.26 Å². The Kier molecular flexibility index (Phi) is 4.49. The van der Waals surface area contributed by atoms with Crippen LogP contribution in [-0.2, 0) is 17.9 Å². The van der Waals surface area contributed by atoms with Gasteiger partial charge in [-0.25, -0.2) is 4.79 Å². The summed E-state index contributed by atoms with van der Waals surface area (Å²) in [6.07, 6.45) is 0. The Hall–Kier alpha value is -3.74. The predicted molar refractivity (Wildman–Crippen MR) is 97.4 cm³/mol. The van der Waals surface area contributed by atoms with Gasteiger partial charge in [0.1, 0.15) is 18.1 Å². The Morgan fingerprint density at radius 3 is 2.39 bits per heavy atom. The van der Waals surface area contributed by atoms with E-state index in [1.165, 1.54) is 4.90 Å². The summed E-state index contributed by atoms with van der Waals surface area (Å²) in [5.74, 6) is -0.566. The molecule has 0 fully saturated rings. The molecule has 2 amide bonds. The minimum Gasteiger partial charge on any atom is -0.455 e. The van der Waals surface area contributed by atoms with Crippen molar-refractivity contribution < 1.29 is 23.6 Å². The molecule has 2 aromatic carbocycles. The van der Waals surface area contributed by atoms with E-state index >= 15 is 0 Å². The van der Waals surface area contributed by atoms with Crippen LogP contribution >= 0.6 is 0 Å². The Bertz CT molecular complexity index is 1050. The summed E-state index contributed by atoms with van der Waals surface area (Å²) in [6.45, 7) is 1.83. The second-order valence-corrected chi connectivity index (χ2v) is 6.45. The lowest BCUT2D eigenvalue weighted by molar-refractivity contribution is 0.0464. The van der Waals surface area contributed by atoms with Crippen molar-refractivity contribution in [3.8, 4) is 0 Å². The van der Waals surface area contributed by atoms with E-state index in [1.54, 1.807) is 61.5 Å². The Labute approximate surface area is 160 Å². The third-order valence-electron chi connectivity index (χ3n) is 4.41. The van der Waals surface area contributed by atoms with Gasteiger partial charge in [0.2, 0.25) is 0 Å². The lowest BCUT2D eigenvalue weighted by atomic mass is 10.1. The zero-order chi connectivity index (χ0) is 19.7. The lowest BCUT2D eigenvalue weighted by Gasteiger charge is -2.14. The molecular weight excluding hydrogens is 360 g/mol. The van der Waals surface area contributed by atoms with Gasteiger partial charge in [0, 0.05) is 6.07 Å². The van der Waals surface area contributed by atoms with Crippen molar-refractivity contribution in [3.05, 3.63) is 88.3 Å². The molecule has 140 valence electrons. The maximum absolute atomic E-state index is 12.5. The zero-order valence-electron chi connectivity index (χ0n) is 15.0. The van der Waals surface area contributed by atoms with Gasteiger partial charge in [0.25, 0.3) is 11.8 Å². The molecule has 7 heteroatoms. The maximum Gasteiger partial charge on any atom is 0.338 e. The number of hydrogen-bond acceptors (Lipinski definition) is 6. The Morgan fingerprint density at radius 1 is 1.04 bits per heavy atom. The van der Waals surface area contributed by atoms with Crippen LogP contribution in [0.2, 0.25) is 0 Å². The summed E-state index contributed by atoms with van der Waals surface area (Å²) < 4.78 is 10.2. The highest BCUT2D eigenvalue weighted by Gasteiger charge is 2.35. The molecule has 0 saturated carbocycles. The molecule has 0 N–H and O–H groups in total. The lowest BCUT2D eigenvalue weighted by Crippen LogP contribution is -2.29. The number of esters is 1. The van der Waals surface area contributed by atoms with E-state index in [1.807, 2.05) is 0 Å². The second kappa shape index (κ2) is 7.11. The van der Waals surface area contributed by atoms with E-state index in [-0.39, 0.29) is 25.0 Å². The molecular formula is C21H16N2O5. The summed E-state index contributed by atoms with van der Waals surface area (Å²) in [6, 6.07) is 15.1. The average molecular weight is 376 g/mol. The standard InChI is InChI=1S/C21H16N2O5/c1-13-9-16(22-28-13)12-27-21(26)15-6-4-5-14(10-15)11-23-19(24)17-7-2-3-8-18(17)20(23)25/h2-10H,11-12H2,1H3. The van der Waals surface area contributed by atoms with E-state index < -0.39 is 5.97 Å². The fourth-order valence-electron chi connectivity index (χ4n) is 3.07. The first-order chi connectivity index (χ1) is 13.5. The first-order valence-electron chi connectivity index (χ1n) is 8.66. The van der Waals surface area contributed by atoms with Crippen LogP contribution in [0.25, 0.3) is 0 Å². The molecule has 4 rings (SSSR count). The summed E-state index contributed by atoms with van der Waals surface area (Å²) in [5.41, 5.74) is 2.29. The topological polar surface area (TPSA) is 89.7 Å². The van der Waals surface area contributed by atoms with Gasteiger partial charge in [0.05, 0.1) is 23.2 Å². The number of fused-ring (bicyclic) bond motifs is 1. The van der Waals surface area contributed by atoms with E-state index in [2.05, 4.69) is 5.16 Å². The largest absolute Gasteiger partial charge is 0.455 e. The quantitative estimate of drug-likeness (QED) is 0.502. The Balaban J connectivity index is 1.46. The van der Waals surface area contributed by atoms with E-state index in [4.69, 9.17) is 9.26 Å². The summed E-state index contributed by atoms with van der Waals surface area (Å²) in [7, 11) is 0. The van der Waals surface area contributed by atoms with Crippen molar-refractivity contribution in [1.29, 1.82) is 0 Å². The van der Waals surface area contributed by atoms with Crippen LogP contribution in [-0.4, -0.2) is 27.8 Å². The first kappa shape index (κ1) is 17.7. The molecule has 3 aromatic rings. The molecule has 0 aliphatic carbocycles. The van der Waals surface area contributed by atoms with Crippen molar-refractivity contribution in [1.82, 2.24) is 10.1 Å². The van der Waals surface area contributed by atoms with Gasteiger partial charge in [-0.05, 0) is 36.8 Å². The van der Waals surface area contributed by atoms with Crippen LogP contribution in [0.15, 0.2) is 59.1 Å². The predicted octanol–water partition coefficient (Wildman–Crippen LogP) is 3.14. The number of aromatic nitrogens is 1. The number of rotatable bonds is 5. The van der Waals surface area contributed by atoms with E-state index in [0.29, 0.717) is 33.7 Å². The van der Waals surface area contributed by atoms with Gasteiger partial charge >= 0.3 is 5.97 Å². The van der Waals surface area contributed by atoms with Gasteiger partial charge in [-0.15, -0.1) is 0 Å². The van der Waals surface area contributed by atoms with Crippen LogP contribution in [0.5, 0.6) is 0 Å². The molecule has 0 saturated heterocycles. The first-order valence-corrected chi connectivity index (χ1v) is 8.66. The fraction of sp³-hybridized carbons (Fsp3) is 0.143. The van der Waals surface area contributed by atoms with Gasteiger partial charge in [0.15, 0.2) is 0 Å². The summed E-state index contributed by atoms with van der Waals surface area (Å²) in [4.78, 5) is 38.4. The van der Waals surface area contributed by atoms with Crippen LogP contribution in [0, 0.1) is 6.92 Å². The molecule has 2 heterocycles. The monoisotopic (exact) mass is 376 g/mol. The minimum atomic E-state index is -0.523. The molecule has 28 heavy (non-hydrogen) atoms. The van der Waals surface area contributed by atoms with Crippen LogP contribution < -0.4 is 0 Å². The molecule has 0 atom stereocenters. The third kappa shape index (κ3) is 3.29. The second-order valence-electron chi connectivity index (χ2n) is 6.45. The fourth-order valence-corrected chi connectivity index (χ4v) is 3.07. The molecule has 1 aromatic heterocycles. The number of hydrogen-bond donors (Lipinski definition) is 0. The third-order valence-corrected chi connectivity index (χ3v) is 4.41. The number of benzene rings is 2. The number of ether oxygens (including phenoxy) is 1. The van der Waals surface area contributed by atoms with Gasteiger partial charge in [-0.1, -0.05) is 29.4 Å². The van der Waals surface area contributed by atoms with Crippen molar-refractivity contribution in [3.63, 3.8) is 0 Å². The SMILES string of the molecule is Cc1cc(COC(=O)c2cccc(CN3C(=O)c4ccccc4C3=O)c2)no1. The molecule has 0 bridgehead atoms. The van der Waals surface area contributed by atoms with Crippen molar-refractivity contribution >= 4 is 17.8 Å². The number of nitrogens with zero attached hydrogens (tertiary/aromatic N) is 2. The highest BCUT2D eigenvalue weighted by atomic mass is 16.5. The molecule has 1 aliphatic rings. The number of aryl methyl sites for hydroxylation is 1. The summed E-state index contributed by atoms with van der Waals surface area (Å²) in [5, 5.41) is 3.77. The minimum absolute atomic E-state index is 0.00118. The van der Waals surface area contributed by atoms with E-state index in [9.17, 15) is 14.4 Å². The average Bonchev–Trinajstić information content (AvgIpc) is 3.23. The molecule has 1 aliphatic heterocycles. The van der Waals surface area contributed by atoms with E-state index in [0.717, 1.165) is 0 Å². The van der Waals surface area contributed by atoms with Crippen LogP contribution in [0.4, 0.5) is 0 Å².